The van der Waals surface area contributed by atoms with Crippen LogP contribution in [-0.4, -0.2) is 34.4 Å². The predicted molar refractivity (Wildman–Crippen MR) is 102 cm³/mol. The minimum atomic E-state index is -4.70. The zero-order valence-electron chi connectivity index (χ0n) is 16.1. The number of alkyl halides is 3. The second-order valence-electron chi connectivity index (χ2n) is 6.62. The van der Waals surface area contributed by atoms with Crippen LogP contribution in [0.3, 0.4) is 0 Å². The van der Waals surface area contributed by atoms with Gasteiger partial charge in [-0.3, -0.25) is 19.7 Å². The van der Waals surface area contributed by atoms with E-state index in [0.29, 0.717) is 10.5 Å². The maximum Gasteiger partial charge on any atom is 0.406 e. The number of para-hydroxylation sites is 1. The first-order valence-electron chi connectivity index (χ1n) is 8.95. The lowest BCUT2D eigenvalue weighted by Crippen LogP contribution is -2.40. The topological polar surface area (TPSA) is 92.6 Å². The third-order valence-electron chi connectivity index (χ3n) is 4.23. The second kappa shape index (κ2) is 9.86. The average Bonchev–Trinajstić information content (AvgIpc) is 2.66. The number of amides is 2. The minimum Gasteiger partial charge on any atom is -0.349 e. The summed E-state index contributed by atoms with van der Waals surface area (Å²) in [5.74, 6) is -1.34. The Morgan fingerprint density at radius 1 is 1.10 bits per heavy atom. The second-order valence-corrected chi connectivity index (χ2v) is 6.62. The SMILES string of the molecule is CC(=O)NC(CC(=O)N(Cc1ccccc1[N+](=O)[O-])CC(F)(F)F)c1ccccc1. The number of carbonyl (C=O) groups is 2. The summed E-state index contributed by atoms with van der Waals surface area (Å²) in [7, 11) is 0. The van der Waals surface area contributed by atoms with Gasteiger partial charge in [0.1, 0.15) is 6.54 Å². The van der Waals surface area contributed by atoms with E-state index in [4.69, 9.17) is 0 Å². The van der Waals surface area contributed by atoms with Crippen LogP contribution in [0, 0.1) is 10.1 Å². The summed E-state index contributed by atoms with van der Waals surface area (Å²) in [5, 5.41) is 13.7. The molecule has 0 saturated heterocycles. The van der Waals surface area contributed by atoms with Crippen molar-refractivity contribution in [3.63, 3.8) is 0 Å². The Balaban J connectivity index is 2.30. The van der Waals surface area contributed by atoms with Crippen molar-refractivity contribution in [1.82, 2.24) is 10.2 Å². The molecule has 30 heavy (non-hydrogen) atoms. The zero-order chi connectivity index (χ0) is 22.3. The first-order valence-corrected chi connectivity index (χ1v) is 8.95. The molecular weight excluding hydrogens is 403 g/mol. The number of hydrogen-bond acceptors (Lipinski definition) is 4. The average molecular weight is 423 g/mol. The van der Waals surface area contributed by atoms with Gasteiger partial charge in [0.05, 0.1) is 23.9 Å². The van der Waals surface area contributed by atoms with Crippen LogP contribution >= 0.6 is 0 Å². The first-order chi connectivity index (χ1) is 14.1. The van der Waals surface area contributed by atoms with E-state index < -0.39 is 48.5 Å². The van der Waals surface area contributed by atoms with Crippen LogP contribution in [-0.2, 0) is 16.1 Å². The molecule has 0 aliphatic rings. The highest BCUT2D eigenvalue weighted by Crippen LogP contribution is 2.25. The van der Waals surface area contributed by atoms with Crippen LogP contribution in [0.15, 0.2) is 54.6 Å². The third-order valence-corrected chi connectivity index (χ3v) is 4.23. The normalized spacial score (nSPS) is 12.1. The Labute approximate surface area is 170 Å². The van der Waals surface area contributed by atoms with Gasteiger partial charge < -0.3 is 10.2 Å². The molecule has 10 heteroatoms. The van der Waals surface area contributed by atoms with Crippen molar-refractivity contribution in [2.45, 2.75) is 32.1 Å². The van der Waals surface area contributed by atoms with E-state index in [2.05, 4.69) is 5.32 Å². The van der Waals surface area contributed by atoms with Gasteiger partial charge in [-0.1, -0.05) is 48.5 Å². The summed E-state index contributed by atoms with van der Waals surface area (Å²) in [6, 6.07) is 12.8. The van der Waals surface area contributed by atoms with Crippen LogP contribution in [0.25, 0.3) is 0 Å². The zero-order valence-corrected chi connectivity index (χ0v) is 16.1. The summed E-state index contributed by atoms with van der Waals surface area (Å²) < 4.78 is 39.3. The van der Waals surface area contributed by atoms with Crippen molar-refractivity contribution in [1.29, 1.82) is 0 Å². The molecule has 1 atom stereocenters. The summed E-state index contributed by atoms with van der Waals surface area (Å²) in [5.41, 5.74) is 0.161. The first kappa shape index (κ1) is 22.9. The molecule has 160 valence electrons. The van der Waals surface area contributed by atoms with Crippen LogP contribution in [0.1, 0.15) is 30.5 Å². The standard InChI is InChI=1S/C20H20F3N3O4/c1-14(27)24-17(15-7-3-2-4-8-15)11-19(28)25(13-20(21,22)23)12-16-9-5-6-10-18(16)26(29)30/h2-10,17H,11-13H2,1H3,(H,24,27). The molecule has 0 bridgehead atoms. The van der Waals surface area contributed by atoms with Gasteiger partial charge in [-0.15, -0.1) is 0 Å². The van der Waals surface area contributed by atoms with Crippen LogP contribution in [0.4, 0.5) is 18.9 Å². The van der Waals surface area contributed by atoms with E-state index in [1.165, 1.54) is 25.1 Å². The van der Waals surface area contributed by atoms with Crippen LogP contribution in [0.2, 0.25) is 0 Å². The molecule has 0 aromatic heterocycles. The van der Waals surface area contributed by atoms with Crippen molar-refractivity contribution in [3.8, 4) is 0 Å². The van der Waals surface area contributed by atoms with Crippen molar-refractivity contribution in [3.05, 3.63) is 75.8 Å². The molecule has 0 fully saturated rings. The molecule has 0 heterocycles. The van der Waals surface area contributed by atoms with Gasteiger partial charge in [0.15, 0.2) is 0 Å². The number of benzene rings is 2. The molecule has 0 saturated carbocycles. The summed E-state index contributed by atoms with van der Waals surface area (Å²) in [6.45, 7) is -0.919. The van der Waals surface area contributed by atoms with Gasteiger partial charge in [0.2, 0.25) is 11.8 Å². The van der Waals surface area contributed by atoms with Gasteiger partial charge >= 0.3 is 6.18 Å². The molecule has 0 aliphatic carbocycles. The van der Waals surface area contributed by atoms with Crippen molar-refractivity contribution in [2.75, 3.05) is 6.54 Å². The highest BCUT2D eigenvalue weighted by molar-refractivity contribution is 5.79. The molecule has 2 rings (SSSR count). The molecule has 2 aromatic rings. The summed E-state index contributed by atoms with van der Waals surface area (Å²) in [6.07, 6.45) is -5.13. The highest BCUT2D eigenvalue weighted by Gasteiger charge is 2.34. The maximum atomic E-state index is 13.1. The smallest absolute Gasteiger partial charge is 0.349 e. The Bertz CT molecular complexity index is 904. The van der Waals surface area contributed by atoms with Crippen LogP contribution in [0.5, 0.6) is 0 Å². The maximum absolute atomic E-state index is 13.1. The number of carbonyl (C=O) groups excluding carboxylic acids is 2. The lowest BCUT2D eigenvalue weighted by molar-refractivity contribution is -0.385. The van der Waals surface area contributed by atoms with E-state index >= 15 is 0 Å². The molecule has 1 unspecified atom stereocenters. The van der Waals surface area contributed by atoms with Crippen molar-refractivity contribution < 1.29 is 27.7 Å². The molecule has 0 radical (unpaired) electrons. The number of nitro benzene ring substituents is 1. The van der Waals surface area contributed by atoms with E-state index in [9.17, 15) is 32.9 Å². The molecule has 1 N–H and O–H groups in total. The molecule has 0 aliphatic heterocycles. The molecular formula is C20H20F3N3O4. The Kier molecular flexibility index (Phi) is 7.51. The lowest BCUT2D eigenvalue weighted by atomic mass is 10.0. The fourth-order valence-electron chi connectivity index (χ4n) is 2.96. The van der Waals surface area contributed by atoms with E-state index in [0.717, 1.165) is 6.07 Å². The lowest BCUT2D eigenvalue weighted by Gasteiger charge is -2.26. The van der Waals surface area contributed by atoms with E-state index in [1.807, 2.05) is 0 Å². The van der Waals surface area contributed by atoms with Gasteiger partial charge in [0.25, 0.3) is 5.69 Å². The number of rotatable bonds is 8. The van der Waals surface area contributed by atoms with Crippen LogP contribution < -0.4 is 5.32 Å². The number of nitro groups is 1. The van der Waals surface area contributed by atoms with Gasteiger partial charge in [-0.2, -0.15) is 13.2 Å². The summed E-state index contributed by atoms with van der Waals surface area (Å²) >= 11 is 0. The number of hydrogen-bond donors (Lipinski definition) is 1. The number of nitrogens with one attached hydrogen (secondary N) is 1. The number of nitrogens with zero attached hydrogens (tertiary/aromatic N) is 2. The molecule has 2 amide bonds. The Morgan fingerprint density at radius 2 is 1.70 bits per heavy atom. The van der Waals surface area contributed by atoms with Crippen molar-refractivity contribution in [2.24, 2.45) is 0 Å². The van der Waals surface area contributed by atoms with E-state index in [1.54, 1.807) is 30.3 Å². The third kappa shape index (κ3) is 6.87. The van der Waals surface area contributed by atoms with Gasteiger partial charge in [0, 0.05) is 18.6 Å². The monoisotopic (exact) mass is 423 g/mol. The summed E-state index contributed by atoms with van der Waals surface area (Å²) in [4.78, 5) is 35.3. The molecule has 0 spiro atoms. The predicted octanol–water partition coefficient (Wildman–Crippen LogP) is 3.75. The molecule has 2 aromatic carbocycles. The van der Waals surface area contributed by atoms with E-state index in [-0.39, 0.29) is 11.3 Å². The van der Waals surface area contributed by atoms with Gasteiger partial charge in [-0.05, 0) is 5.56 Å². The quantitative estimate of drug-likeness (QED) is 0.517. The van der Waals surface area contributed by atoms with Crippen molar-refractivity contribution >= 4 is 17.5 Å². The highest BCUT2D eigenvalue weighted by atomic mass is 19.4. The fourth-order valence-corrected chi connectivity index (χ4v) is 2.96. The Morgan fingerprint density at radius 3 is 2.27 bits per heavy atom. The molecule has 7 nitrogen and oxygen atoms in total. The largest absolute Gasteiger partial charge is 0.406 e. The van der Waals surface area contributed by atoms with Gasteiger partial charge in [-0.25, -0.2) is 0 Å². The fraction of sp³-hybridized carbons (Fsp3) is 0.300. The number of halogens is 3. The minimum absolute atomic E-state index is 0.0177. The Hall–Kier alpha value is -3.43.